The SMILES string of the molecule is C[C@H](OC(=O)c1ccco1)C(=O)NCc1ccc(F)cc1. The number of amides is 1. The van der Waals surface area contributed by atoms with Gasteiger partial charge in [-0.2, -0.15) is 0 Å². The predicted octanol–water partition coefficient (Wildman–Crippen LogP) is 2.28. The highest BCUT2D eigenvalue weighted by Gasteiger charge is 2.20. The van der Waals surface area contributed by atoms with Crippen molar-refractivity contribution in [1.29, 1.82) is 0 Å². The molecule has 110 valence electrons. The Hall–Kier alpha value is -2.63. The first-order valence-corrected chi connectivity index (χ1v) is 6.33. The van der Waals surface area contributed by atoms with Gasteiger partial charge in [-0.3, -0.25) is 4.79 Å². The molecule has 1 atom stereocenters. The zero-order chi connectivity index (χ0) is 15.2. The first-order valence-electron chi connectivity index (χ1n) is 6.33. The van der Waals surface area contributed by atoms with Crippen molar-refractivity contribution in [3.8, 4) is 0 Å². The fourth-order valence-corrected chi connectivity index (χ4v) is 1.60. The van der Waals surface area contributed by atoms with Crippen molar-refractivity contribution in [2.75, 3.05) is 0 Å². The molecule has 0 radical (unpaired) electrons. The molecule has 0 aliphatic rings. The van der Waals surface area contributed by atoms with E-state index in [4.69, 9.17) is 9.15 Å². The van der Waals surface area contributed by atoms with Gasteiger partial charge in [-0.15, -0.1) is 0 Å². The van der Waals surface area contributed by atoms with Crippen molar-refractivity contribution in [3.05, 3.63) is 59.8 Å². The van der Waals surface area contributed by atoms with E-state index in [0.717, 1.165) is 5.56 Å². The largest absolute Gasteiger partial charge is 0.457 e. The highest BCUT2D eigenvalue weighted by molar-refractivity contribution is 5.89. The number of rotatable bonds is 5. The summed E-state index contributed by atoms with van der Waals surface area (Å²) < 4.78 is 22.6. The first-order chi connectivity index (χ1) is 10.1. The fourth-order valence-electron chi connectivity index (χ4n) is 1.60. The number of carbonyl (C=O) groups excluding carboxylic acids is 2. The topological polar surface area (TPSA) is 68.5 Å². The van der Waals surface area contributed by atoms with Crippen LogP contribution in [0.5, 0.6) is 0 Å². The molecular formula is C15H14FNO4. The first kappa shape index (κ1) is 14.8. The third kappa shape index (κ3) is 4.17. The summed E-state index contributed by atoms with van der Waals surface area (Å²) in [6.45, 7) is 1.68. The Morgan fingerprint density at radius 1 is 1.29 bits per heavy atom. The van der Waals surface area contributed by atoms with Crippen LogP contribution in [0.15, 0.2) is 47.1 Å². The van der Waals surface area contributed by atoms with E-state index >= 15 is 0 Å². The van der Waals surface area contributed by atoms with Gasteiger partial charge in [0.15, 0.2) is 6.10 Å². The second-order valence-corrected chi connectivity index (χ2v) is 4.37. The number of esters is 1. The molecular weight excluding hydrogens is 277 g/mol. The molecule has 0 fully saturated rings. The number of halogens is 1. The normalized spacial score (nSPS) is 11.7. The van der Waals surface area contributed by atoms with Gasteiger partial charge in [-0.05, 0) is 36.8 Å². The maximum absolute atomic E-state index is 12.7. The van der Waals surface area contributed by atoms with E-state index in [1.807, 2.05) is 0 Å². The Bertz CT molecular complexity index is 607. The van der Waals surface area contributed by atoms with E-state index in [9.17, 15) is 14.0 Å². The molecule has 5 nitrogen and oxygen atoms in total. The molecule has 1 aromatic heterocycles. The monoisotopic (exact) mass is 291 g/mol. The molecule has 1 heterocycles. The van der Waals surface area contributed by atoms with Crippen LogP contribution in [0.1, 0.15) is 23.0 Å². The maximum atomic E-state index is 12.7. The lowest BCUT2D eigenvalue weighted by Crippen LogP contribution is -2.35. The van der Waals surface area contributed by atoms with Crippen molar-refractivity contribution in [1.82, 2.24) is 5.32 Å². The predicted molar refractivity (Wildman–Crippen MR) is 71.8 cm³/mol. The summed E-state index contributed by atoms with van der Waals surface area (Å²) in [5.41, 5.74) is 0.745. The zero-order valence-electron chi connectivity index (χ0n) is 11.3. The van der Waals surface area contributed by atoms with E-state index in [2.05, 4.69) is 5.32 Å². The summed E-state index contributed by atoms with van der Waals surface area (Å²) in [5, 5.41) is 2.60. The Labute approximate surface area is 120 Å². The average Bonchev–Trinajstić information content (AvgIpc) is 3.00. The number of ether oxygens (including phenoxy) is 1. The van der Waals surface area contributed by atoms with Crippen molar-refractivity contribution in [3.63, 3.8) is 0 Å². The van der Waals surface area contributed by atoms with Gasteiger partial charge in [0.2, 0.25) is 5.76 Å². The van der Waals surface area contributed by atoms with Gasteiger partial charge in [0, 0.05) is 6.54 Å². The minimum absolute atomic E-state index is 0.0354. The van der Waals surface area contributed by atoms with Crippen LogP contribution in [0.25, 0.3) is 0 Å². The van der Waals surface area contributed by atoms with E-state index in [1.54, 1.807) is 18.2 Å². The Balaban J connectivity index is 1.82. The second-order valence-electron chi connectivity index (χ2n) is 4.37. The lowest BCUT2D eigenvalue weighted by atomic mass is 10.2. The van der Waals surface area contributed by atoms with Crippen LogP contribution < -0.4 is 5.32 Å². The Morgan fingerprint density at radius 2 is 2.00 bits per heavy atom. The number of hydrogen-bond donors (Lipinski definition) is 1. The lowest BCUT2D eigenvalue weighted by molar-refractivity contribution is -0.129. The molecule has 2 rings (SSSR count). The summed E-state index contributed by atoms with van der Waals surface area (Å²) in [6, 6.07) is 8.75. The summed E-state index contributed by atoms with van der Waals surface area (Å²) in [6.07, 6.45) is 0.388. The third-order valence-electron chi connectivity index (χ3n) is 2.76. The quantitative estimate of drug-likeness (QED) is 0.858. The zero-order valence-corrected chi connectivity index (χ0v) is 11.3. The van der Waals surface area contributed by atoms with Gasteiger partial charge >= 0.3 is 5.97 Å². The van der Waals surface area contributed by atoms with Crippen LogP contribution in [0, 0.1) is 5.82 Å². The van der Waals surface area contributed by atoms with Crippen molar-refractivity contribution in [2.45, 2.75) is 19.6 Å². The van der Waals surface area contributed by atoms with Crippen molar-refractivity contribution >= 4 is 11.9 Å². The molecule has 6 heteroatoms. The fraction of sp³-hybridized carbons (Fsp3) is 0.200. The summed E-state index contributed by atoms with van der Waals surface area (Å²) in [7, 11) is 0. The van der Waals surface area contributed by atoms with Gasteiger partial charge < -0.3 is 14.5 Å². The number of carbonyl (C=O) groups is 2. The molecule has 0 aliphatic heterocycles. The minimum Gasteiger partial charge on any atom is -0.457 e. The number of benzene rings is 1. The summed E-state index contributed by atoms with van der Waals surface area (Å²) in [4.78, 5) is 23.4. The standard InChI is InChI=1S/C15H14FNO4/c1-10(21-15(19)13-3-2-8-20-13)14(18)17-9-11-4-6-12(16)7-5-11/h2-8,10H,9H2,1H3,(H,17,18)/t10-/m0/s1. The summed E-state index contributed by atoms with van der Waals surface area (Å²) >= 11 is 0. The Kier molecular flexibility index (Phi) is 4.71. The average molecular weight is 291 g/mol. The highest BCUT2D eigenvalue weighted by atomic mass is 19.1. The van der Waals surface area contributed by atoms with Crippen molar-refractivity contribution < 1.29 is 23.1 Å². The number of hydrogen-bond acceptors (Lipinski definition) is 4. The molecule has 2 aromatic rings. The molecule has 0 saturated heterocycles. The molecule has 0 bridgehead atoms. The second kappa shape index (κ2) is 6.69. The van der Waals surface area contributed by atoms with Crippen LogP contribution in [0.2, 0.25) is 0 Å². The van der Waals surface area contributed by atoms with Crippen molar-refractivity contribution in [2.24, 2.45) is 0 Å². The van der Waals surface area contributed by atoms with Gasteiger partial charge in [-0.1, -0.05) is 12.1 Å². The molecule has 1 aromatic carbocycles. The van der Waals surface area contributed by atoms with E-state index in [0.29, 0.717) is 0 Å². The molecule has 0 saturated carbocycles. The number of nitrogens with one attached hydrogen (secondary N) is 1. The van der Waals surface area contributed by atoms with E-state index in [-0.39, 0.29) is 18.1 Å². The van der Waals surface area contributed by atoms with Crippen LogP contribution in [-0.4, -0.2) is 18.0 Å². The molecule has 1 N–H and O–H groups in total. The molecule has 0 unspecified atom stereocenters. The Morgan fingerprint density at radius 3 is 2.62 bits per heavy atom. The molecule has 1 amide bonds. The third-order valence-corrected chi connectivity index (χ3v) is 2.76. The summed E-state index contributed by atoms with van der Waals surface area (Å²) in [5.74, 6) is -1.46. The van der Waals surface area contributed by atoms with Crippen LogP contribution in [-0.2, 0) is 16.1 Å². The van der Waals surface area contributed by atoms with E-state index in [1.165, 1.54) is 31.4 Å². The van der Waals surface area contributed by atoms with Crippen LogP contribution in [0.3, 0.4) is 0 Å². The smallest absolute Gasteiger partial charge is 0.374 e. The highest BCUT2D eigenvalue weighted by Crippen LogP contribution is 2.06. The van der Waals surface area contributed by atoms with Gasteiger partial charge in [0.05, 0.1) is 6.26 Å². The van der Waals surface area contributed by atoms with Gasteiger partial charge in [0.1, 0.15) is 5.82 Å². The van der Waals surface area contributed by atoms with Crippen LogP contribution in [0.4, 0.5) is 4.39 Å². The number of furan rings is 1. The molecule has 0 aliphatic carbocycles. The van der Waals surface area contributed by atoms with Gasteiger partial charge in [-0.25, -0.2) is 9.18 Å². The minimum atomic E-state index is -0.956. The van der Waals surface area contributed by atoms with E-state index < -0.39 is 18.0 Å². The maximum Gasteiger partial charge on any atom is 0.374 e. The molecule has 0 spiro atoms. The lowest BCUT2D eigenvalue weighted by Gasteiger charge is -2.12. The van der Waals surface area contributed by atoms with Gasteiger partial charge in [0.25, 0.3) is 5.91 Å². The van der Waals surface area contributed by atoms with Crippen LogP contribution >= 0.6 is 0 Å². The molecule has 21 heavy (non-hydrogen) atoms.